The predicted octanol–water partition coefficient (Wildman–Crippen LogP) is 4.90. The van der Waals surface area contributed by atoms with Crippen LogP contribution in [0.2, 0.25) is 0 Å². The van der Waals surface area contributed by atoms with Crippen LogP contribution in [0.25, 0.3) is 0 Å². The molecular weight excluding hydrogens is 499 g/mol. The first kappa shape index (κ1) is 25.9. The van der Waals surface area contributed by atoms with Crippen LogP contribution in [0.4, 0.5) is 4.39 Å². The Balaban J connectivity index is 1.59. The molecule has 4 aromatic rings. The number of benzene rings is 3. The minimum atomic E-state index is -1.34. The van der Waals surface area contributed by atoms with Crippen LogP contribution in [-0.4, -0.2) is 46.1 Å². The molecule has 198 valence electrons. The molecule has 1 atom stereocenters. The molecule has 0 bridgehead atoms. The van der Waals surface area contributed by atoms with E-state index in [4.69, 9.17) is 4.74 Å². The van der Waals surface area contributed by atoms with Crippen molar-refractivity contribution in [1.29, 1.82) is 0 Å². The molecule has 7 nitrogen and oxygen atoms in total. The number of ether oxygens (including phenoxy) is 1. The minimum Gasteiger partial charge on any atom is -0.492 e. The van der Waals surface area contributed by atoms with Crippen molar-refractivity contribution in [1.82, 2.24) is 9.47 Å². The standard InChI is InChI=1S/C31H27FN2O5/c1-20-28-30(36)33(16-17-39-24-14-12-23(32)13-15-24)19-26(34(28)18-25(29(20)35)31(37)38)27(21-8-4-2-5-9-21)22-10-6-3-7-11-22/h2-15,18,26-27H,16-17,19H2,1H3,(H,37,38)/t26-/m1/s1. The number of rotatable bonds is 8. The number of halogens is 1. The molecule has 0 fully saturated rings. The number of hydrogen-bond donors (Lipinski definition) is 1. The second kappa shape index (κ2) is 10.9. The maximum atomic E-state index is 13.7. The average molecular weight is 527 g/mol. The van der Waals surface area contributed by atoms with Crippen molar-refractivity contribution in [3.05, 3.63) is 135 Å². The molecule has 1 aromatic heterocycles. The van der Waals surface area contributed by atoms with E-state index in [1.165, 1.54) is 37.4 Å². The number of carbonyl (C=O) groups is 2. The van der Waals surface area contributed by atoms with E-state index in [9.17, 15) is 23.9 Å². The van der Waals surface area contributed by atoms with Crippen molar-refractivity contribution in [2.75, 3.05) is 19.7 Å². The van der Waals surface area contributed by atoms with E-state index >= 15 is 0 Å². The Labute approximate surface area is 224 Å². The van der Waals surface area contributed by atoms with Crippen LogP contribution in [-0.2, 0) is 0 Å². The van der Waals surface area contributed by atoms with Gasteiger partial charge in [0.15, 0.2) is 5.43 Å². The Hall–Kier alpha value is -4.72. The second-order valence-corrected chi connectivity index (χ2v) is 9.48. The van der Waals surface area contributed by atoms with Crippen LogP contribution in [0.5, 0.6) is 5.75 Å². The lowest BCUT2D eigenvalue weighted by atomic mass is 9.83. The van der Waals surface area contributed by atoms with E-state index < -0.39 is 17.4 Å². The number of amides is 1. The van der Waals surface area contributed by atoms with Crippen molar-refractivity contribution >= 4 is 11.9 Å². The van der Waals surface area contributed by atoms with Crippen LogP contribution < -0.4 is 10.2 Å². The molecule has 1 amide bonds. The molecular formula is C31H27FN2O5. The van der Waals surface area contributed by atoms with Crippen molar-refractivity contribution in [2.24, 2.45) is 0 Å². The monoisotopic (exact) mass is 526 g/mol. The maximum absolute atomic E-state index is 13.7. The summed E-state index contributed by atoms with van der Waals surface area (Å²) in [5.74, 6) is -1.86. The second-order valence-electron chi connectivity index (χ2n) is 9.48. The van der Waals surface area contributed by atoms with E-state index in [1.807, 2.05) is 60.7 Å². The molecule has 2 heterocycles. The van der Waals surface area contributed by atoms with Crippen molar-refractivity contribution < 1.29 is 23.8 Å². The van der Waals surface area contributed by atoms with Gasteiger partial charge in [0.2, 0.25) is 0 Å². The zero-order valence-corrected chi connectivity index (χ0v) is 21.3. The summed E-state index contributed by atoms with van der Waals surface area (Å²) in [5, 5.41) is 9.76. The lowest BCUT2D eigenvalue weighted by molar-refractivity contribution is 0.0616. The lowest BCUT2D eigenvalue weighted by Gasteiger charge is -2.41. The summed E-state index contributed by atoms with van der Waals surface area (Å²) in [4.78, 5) is 40.3. The van der Waals surface area contributed by atoms with Crippen molar-refractivity contribution in [2.45, 2.75) is 18.9 Å². The Morgan fingerprint density at radius 2 is 1.56 bits per heavy atom. The Bertz CT molecular complexity index is 1510. The number of nitrogens with zero attached hydrogens (tertiary/aromatic N) is 2. The fourth-order valence-corrected chi connectivity index (χ4v) is 5.22. The van der Waals surface area contributed by atoms with Crippen LogP contribution in [0, 0.1) is 12.7 Å². The highest BCUT2D eigenvalue weighted by Gasteiger charge is 2.38. The highest BCUT2D eigenvalue weighted by atomic mass is 19.1. The molecule has 0 saturated heterocycles. The van der Waals surface area contributed by atoms with Gasteiger partial charge in [-0.05, 0) is 42.3 Å². The molecule has 39 heavy (non-hydrogen) atoms. The average Bonchev–Trinajstić information content (AvgIpc) is 2.94. The first-order chi connectivity index (χ1) is 18.8. The van der Waals surface area contributed by atoms with Gasteiger partial charge in [0.25, 0.3) is 5.91 Å². The summed E-state index contributed by atoms with van der Waals surface area (Å²) in [6.07, 6.45) is 1.31. The van der Waals surface area contributed by atoms with E-state index in [0.717, 1.165) is 11.1 Å². The molecule has 0 aliphatic carbocycles. The van der Waals surface area contributed by atoms with Gasteiger partial charge < -0.3 is 19.3 Å². The summed E-state index contributed by atoms with van der Waals surface area (Å²) < 4.78 is 20.7. The first-order valence-electron chi connectivity index (χ1n) is 12.6. The smallest absolute Gasteiger partial charge is 0.341 e. The SMILES string of the molecule is Cc1c2n(cc(C(=O)O)c1=O)[C@@H](C(c1ccccc1)c1ccccc1)CN(CCOc1ccc(F)cc1)C2=O. The quantitative estimate of drug-likeness (QED) is 0.353. The summed E-state index contributed by atoms with van der Waals surface area (Å²) in [6, 6.07) is 24.8. The van der Waals surface area contributed by atoms with Gasteiger partial charge in [-0.15, -0.1) is 0 Å². The first-order valence-corrected chi connectivity index (χ1v) is 12.6. The van der Waals surface area contributed by atoms with Crippen LogP contribution in [0.3, 0.4) is 0 Å². The largest absolute Gasteiger partial charge is 0.492 e. The number of carboxylic acid groups (broad SMARTS) is 1. The molecule has 8 heteroatoms. The Morgan fingerprint density at radius 1 is 0.974 bits per heavy atom. The normalized spacial score (nSPS) is 14.8. The van der Waals surface area contributed by atoms with E-state index in [0.29, 0.717) is 5.75 Å². The van der Waals surface area contributed by atoms with Crippen LogP contribution in [0.1, 0.15) is 49.5 Å². The summed E-state index contributed by atoms with van der Waals surface area (Å²) >= 11 is 0. The summed E-state index contributed by atoms with van der Waals surface area (Å²) in [6.45, 7) is 2.13. The van der Waals surface area contributed by atoms with E-state index in [1.54, 1.807) is 9.47 Å². The van der Waals surface area contributed by atoms with Gasteiger partial charge in [-0.3, -0.25) is 9.59 Å². The molecule has 0 spiro atoms. The Morgan fingerprint density at radius 3 is 2.13 bits per heavy atom. The summed E-state index contributed by atoms with van der Waals surface area (Å²) in [7, 11) is 0. The fraction of sp³-hybridized carbons (Fsp3) is 0.194. The zero-order valence-electron chi connectivity index (χ0n) is 21.3. The molecule has 1 N–H and O–H groups in total. The van der Waals surface area contributed by atoms with Gasteiger partial charge in [0.1, 0.15) is 29.4 Å². The maximum Gasteiger partial charge on any atom is 0.341 e. The third kappa shape index (κ3) is 5.18. The number of fused-ring (bicyclic) bond motifs is 1. The number of carboxylic acids is 1. The fourth-order valence-electron chi connectivity index (χ4n) is 5.22. The van der Waals surface area contributed by atoms with Crippen LogP contribution >= 0.6 is 0 Å². The van der Waals surface area contributed by atoms with Crippen molar-refractivity contribution in [3.63, 3.8) is 0 Å². The highest BCUT2D eigenvalue weighted by Crippen LogP contribution is 2.39. The molecule has 0 radical (unpaired) electrons. The Kier molecular flexibility index (Phi) is 7.27. The van der Waals surface area contributed by atoms with Gasteiger partial charge in [0, 0.05) is 24.2 Å². The van der Waals surface area contributed by atoms with E-state index in [2.05, 4.69) is 0 Å². The lowest BCUT2D eigenvalue weighted by Crippen LogP contribution is -2.48. The number of hydrogen-bond acceptors (Lipinski definition) is 4. The molecule has 3 aromatic carbocycles. The number of pyridine rings is 1. The highest BCUT2D eigenvalue weighted by molar-refractivity contribution is 5.96. The minimum absolute atomic E-state index is 0.0916. The molecule has 0 unspecified atom stereocenters. The van der Waals surface area contributed by atoms with Gasteiger partial charge in [0.05, 0.1) is 12.6 Å². The topological polar surface area (TPSA) is 88.8 Å². The third-order valence-corrected chi connectivity index (χ3v) is 7.10. The zero-order chi connectivity index (χ0) is 27.5. The summed E-state index contributed by atoms with van der Waals surface area (Å²) in [5.41, 5.74) is 1.19. The van der Waals surface area contributed by atoms with Gasteiger partial charge in [-0.1, -0.05) is 60.7 Å². The molecule has 1 aliphatic heterocycles. The predicted molar refractivity (Wildman–Crippen MR) is 144 cm³/mol. The van der Waals surface area contributed by atoms with Crippen molar-refractivity contribution in [3.8, 4) is 5.75 Å². The molecule has 1 aliphatic rings. The molecule has 5 rings (SSSR count). The third-order valence-electron chi connectivity index (χ3n) is 7.10. The van der Waals surface area contributed by atoms with Gasteiger partial charge in [-0.25, -0.2) is 9.18 Å². The number of aromatic nitrogens is 1. The van der Waals surface area contributed by atoms with Gasteiger partial charge >= 0.3 is 5.97 Å². The van der Waals surface area contributed by atoms with Crippen LogP contribution in [0.15, 0.2) is 95.9 Å². The number of aromatic carboxylic acids is 1. The number of carbonyl (C=O) groups excluding carboxylic acids is 1. The molecule has 0 saturated carbocycles. The van der Waals surface area contributed by atoms with Gasteiger partial charge in [-0.2, -0.15) is 0 Å². The van der Waals surface area contributed by atoms with E-state index in [-0.39, 0.29) is 54.2 Å².